The van der Waals surface area contributed by atoms with E-state index in [1.54, 1.807) is 18.2 Å². The van der Waals surface area contributed by atoms with E-state index in [-0.39, 0.29) is 41.8 Å². The molecule has 2 saturated heterocycles. The number of ether oxygens (including phenoxy) is 4. The number of aliphatic imine (C=N–C) groups is 1. The average Bonchev–Trinajstić information content (AvgIpc) is 3.79. The van der Waals surface area contributed by atoms with Gasteiger partial charge in [-0.05, 0) is 94.0 Å². The van der Waals surface area contributed by atoms with Crippen LogP contribution >= 0.6 is 0 Å². The number of piperidine rings is 1. The smallest absolute Gasteiger partial charge is 0.407 e. The van der Waals surface area contributed by atoms with Gasteiger partial charge in [-0.2, -0.15) is 0 Å². The van der Waals surface area contributed by atoms with Crippen LogP contribution in [0, 0.1) is 17.8 Å². The lowest BCUT2D eigenvalue weighted by Crippen LogP contribution is -2.55. The van der Waals surface area contributed by atoms with Crippen molar-refractivity contribution in [3.63, 3.8) is 0 Å². The number of hydrogen-bond donors (Lipinski definition) is 3. The van der Waals surface area contributed by atoms with Crippen LogP contribution in [0.15, 0.2) is 84.0 Å². The lowest BCUT2D eigenvalue weighted by molar-refractivity contribution is -0.135. The van der Waals surface area contributed by atoms with E-state index in [0.717, 1.165) is 74.3 Å². The summed E-state index contributed by atoms with van der Waals surface area (Å²) >= 11 is 0. The van der Waals surface area contributed by atoms with Gasteiger partial charge in [0, 0.05) is 43.3 Å². The topological polar surface area (TPSA) is 177 Å². The third-order valence-corrected chi connectivity index (χ3v) is 13.9. The fraction of sp³-hybridized carbons (Fsp3) is 0.400. The van der Waals surface area contributed by atoms with Crippen molar-refractivity contribution in [2.45, 2.75) is 76.3 Å². The second kappa shape index (κ2) is 17.0. The minimum absolute atomic E-state index is 0.0735. The van der Waals surface area contributed by atoms with E-state index in [4.69, 9.17) is 28.9 Å². The summed E-state index contributed by atoms with van der Waals surface area (Å²) in [4.78, 5) is 70.3. The van der Waals surface area contributed by atoms with Crippen LogP contribution in [0.2, 0.25) is 0 Å². The first-order valence-electron chi connectivity index (χ1n) is 22.4. The van der Waals surface area contributed by atoms with Crippen molar-refractivity contribution in [1.29, 1.82) is 0 Å². The average molecular weight is 880 g/mol. The summed E-state index contributed by atoms with van der Waals surface area (Å²) in [7, 11) is 4.24. The third kappa shape index (κ3) is 7.74. The minimum Gasteiger partial charge on any atom is -0.488 e. The predicted molar refractivity (Wildman–Crippen MR) is 243 cm³/mol. The quantitative estimate of drug-likeness (QED) is 0.122. The molecular weight excluding hydrogens is 827 g/mol. The van der Waals surface area contributed by atoms with E-state index >= 15 is 0 Å². The second-order valence-corrected chi connectivity index (χ2v) is 18.2. The molecule has 0 radical (unpaired) electrons. The summed E-state index contributed by atoms with van der Waals surface area (Å²) < 4.78 is 21.8. The fourth-order valence-electron chi connectivity index (χ4n) is 10.5. The van der Waals surface area contributed by atoms with Gasteiger partial charge < -0.3 is 44.4 Å². The van der Waals surface area contributed by atoms with Gasteiger partial charge >= 0.3 is 12.2 Å². The SMILES string of the molecule is COC[C@H]1C[C@@H](c2ncc(-c3ccc4c(c3)COc3cc5c6c(ccc5cc3-4)N=C([C@@H]3C[C@@H]4C[C@@H]4N3C(=O)[C@@H](NC(=O)OC)C(C)C)C6)[nH]2)N(C(=O)C(NC(=O)OC)c2ccccc2)C1. The molecule has 3 fully saturated rings. The highest BCUT2D eigenvalue weighted by atomic mass is 16.5. The first-order valence-corrected chi connectivity index (χ1v) is 22.4. The molecule has 0 bridgehead atoms. The highest BCUT2D eigenvalue weighted by molar-refractivity contribution is 6.07. The molecule has 0 spiro atoms. The van der Waals surface area contributed by atoms with Crippen LogP contribution < -0.4 is 15.4 Å². The number of carbonyl (C=O) groups is 4. The first-order chi connectivity index (χ1) is 31.5. The number of likely N-dealkylation sites (tertiary alicyclic amines) is 2. The molecule has 1 aliphatic carbocycles. The van der Waals surface area contributed by atoms with Crippen LogP contribution in [0.1, 0.15) is 67.7 Å². The molecule has 4 aromatic carbocycles. The number of imidazole rings is 1. The molecule has 1 saturated carbocycles. The Labute approximate surface area is 376 Å². The standard InChI is InChI=1S/C50H53N7O8/c1-26(2)44(54-49(60)63-4)48(59)57-40-18-31(40)19-41(57)38-20-35-34-21-43-36(17-29(34)12-14-37(35)52-38)33-13-11-30(16-32(33)25-65-43)39-22-51-46(53-39)42-15-27(24-62-3)23-56(42)47(58)45(55-50(61)64-5)28-9-7-6-8-10-28/h6-14,16-17,21-22,26-27,31,40-42,44-45H,15,18-20,23-25H2,1-5H3,(H,51,53)(H,54,60)(H,55,61)/t27-,31-,40-,41-,42-,44-,45?/m0/s1. The molecule has 15 nitrogen and oxygen atoms in total. The van der Waals surface area contributed by atoms with Gasteiger partial charge in [0.05, 0.1) is 50.5 Å². The van der Waals surface area contributed by atoms with Crippen molar-refractivity contribution >= 4 is 46.2 Å². The van der Waals surface area contributed by atoms with E-state index in [0.29, 0.717) is 49.9 Å². The summed E-state index contributed by atoms with van der Waals surface area (Å²) in [5.41, 5.74) is 8.59. The van der Waals surface area contributed by atoms with Crippen LogP contribution in [0.4, 0.5) is 15.3 Å². The Morgan fingerprint density at radius 2 is 1.68 bits per heavy atom. The Balaban J connectivity index is 0.883. The highest BCUT2D eigenvalue weighted by Crippen LogP contribution is 2.51. The number of rotatable bonds is 11. The number of aromatic amines is 1. The zero-order valence-corrected chi connectivity index (χ0v) is 37.1. The Morgan fingerprint density at radius 1 is 0.877 bits per heavy atom. The summed E-state index contributed by atoms with van der Waals surface area (Å²) in [6.07, 6.45) is 3.64. The maximum atomic E-state index is 14.3. The van der Waals surface area contributed by atoms with Crippen molar-refractivity contribution in [3.05, 3.63) is 102 Å². The van der Waals surface area contributed by atoms with Crippen molar-refractivity contribution in [2.24, 2.45) is 22.7 Å². The fourth-order valence-corrected chi connectivity index (χ4v) is 10.5. The summed E-state index contributed by atoms with van der Waals surface area (Å²) in [6.45, 7) is 5.18. The molecule has 336 valence electrons. The minimum atomic E-state index is -0.943. The van der Waals surface area contributed by atoms with Gasteiger partial charge in [0.25, 0.3) is 5.91 Å². The van der Waals surface area contributed by atoms with Crippen LogP contribution in [0.3, 0.4) is 0 Å². The Kier molecular flexibility index (Phi) is 11.0. The Hall–Kier alpha value is -6.74. The number of benzene rings is 4. The molecule has 5 aromatic rings. The van der Waals surface area contributed by atoms with Gasteiger partial charge in [-0.15, -0.1) is 0 Å². The normalized spacial score (nSPS) is 22.2. The molecule has 4 amide bonds. The van der Waals surface area contributed by atoms with E-state index in [1.807, 2.05) is 49.1 Å². The highest BCUT2D eigenvalue weighted by Gasteiger charge is 2.56. The number of alkyl carbamates (subject to hydrolysis) is 2. The Bertz CT molecular complexity index is 2730. The number of nitrogens with zero attached hydrogens (tertiary/aromatic N) is 4. The van der Waals surface area contributed by atoms with E-state index in [9.17, 15) is 19.2 Å². The molecule has 3 N–H and O–H groups in total. The van der Waals surface area contributed by atoms with Crippen molar-refractivity contribution in [2.75, 3.05) is 34.5 Å². The number of hydrogen-bond acceptors (Lipinski definition) is 10. The monoisotopic (exact) mass is 879 g/mol. The molecule has 5 heterocycles. The predicted octanol–water partition coefficient (Wildman–Crippen LogP) is 7.42. The second-order valence-electron chi connectivity index (χ2n) is 18.2. The van der Waals surface area contributed by atoms with Gasteiger partial charge in [-0.1, -0.05) is 62.4 Å². The zero-order valence-electron chi connectivity index (χ0n) is 37.1. The number of carbonyl (C=O) groups excluding carboxylic acids is 4. The van der Waals surface area contributed by atoms with Crippen LogP contribution in [0.25, 0.3) is 33.2 Å². The van der Waals surface area contributed by atoms with E-state index < -0.39 is 24.3 Å². The van der Waals surface area contributed by atoms with Gasteiger partial charge in [0.15, 0.2) is 0 Å². The maximum Gasteiger partial charge on any atom is 0.407 e. The first kappa shape index (κ1) is 42.2. The number of nitrogens with one attached hydrogen (secondary N) is 3. The number of aromatic nitrogens is 2. The van der Waals surface area contributed by atoms with E-state index in [2.05, 4.69) is 58.1 Å². The lowest BCUT2D eigenvalue weighted by Gasteiger charge is -2.33. The summed E-state index contributed by atoms with van der Waals surface area (Å²) in [5.74, 6) is 1.55. The lowest BCUT2D eigenvalue weighted by atomic mass is 9.90. The maximum absolute atomic E-state index is 14.3. The van der Waals surface area contributed by atoms with Crippen LogP contribution in [-0.2, 0) is 36.8 Å². The molecule has 4 aliphatic heterocycles. The van der Waals surface area contributed by atoms with Gasteiger partial charge in [0.1, 0.15) is 30.3 Å². The molecule has 15 heteroatoms. The van der Waals surface area contributed by atoms with Gasteiger partial charge in [0.2, 0.25) is 5.91 Å². The molecule has 1 unspecified atom stereocenters. The van der Waals surface area contributed by atoms with E-state index in [1.165, 1.54) is 14.2 Å². The largest absolute Gasteiger partial charge is 0.488 e. The number of methoxy groups -OCH3 is 3. The zero-order chi connectivity index (χ0) is 45.1. The van der Waals surface area contributed by atoms with Gasteiger partial charge in [-0.3, -0.25) is 14.6 Å². The summed E-state index contributed by atoms with van der Waals surface area (Å²) in [6, 6.07) is 22.1. The molecule has 10 rings (SSSR count). The Morgan fingerprint density at radius 3 is 2.45 bits per heavy atom. The molecular formula is C50H53N7O8. The molecule has 5 aliphatic rings. The van der Waals surface area contributed by atoms with Crippen molar-refractivity contribution in [1.82, 2.24) is 30.4 Å². The third-order valence-electron chi connectivity index (χ3n) is 13.9. The molecule has 65 heavy (non-hydrogen) atoms. The number of amides is 4. The van der Waals surface area contributed by atoms with Gasteiger partial charge in [-0.25, -0.2) is 14.6 Å². The molecule has 1 aromatic heterocycles. The van der Waals surface area contributed by atoms with Crippen molar-refractivity contribution < 1.29 is 38.1 Å². The van der Waals surface area contributed by atoms with Crippen LogP contribution in [0.5, 0.6) is 5.75 Å². The van der Waals surface area contributed by atoms with Crippen LogP contribution in [-0.4, -0.2) is 102 Å². The number of fused-ring (bicyclic) bond motifs is 7. The van der Waals surface area contributed by atoms with Crippen molar-refractivity contribution in [3.8, 4) is 28.1 Å². The number of H-pyrrole nitrogens is 1. The molecule has 7 atom stereocenters. The summed E-state index contributed by atoms with van der Waals surface area (Å²) in [5, 5.41) is 7.69.